The number of carbonyl (C=O) groups is 11. The molecule has 2 unspecified atom stereocenters. The van der Waals surface area contributed by atoms with Crippen LogP contribution in [0.3, 0.4) is 0 Å². The molecule has 1 aliphatic rings. The van der Waals surface area contributed by atoms with Gasteiger partial charge in [0.2, 0.25) is 65.0 Å². The summed E-state index contributed by atoms with van der Waals surface area (Å²) in [6.45, 7) is 16.3. The van der Waals surface area contributed by atoms with E-state index in [4.69, 9.17) is 17.3 Å². The zero-order valence-corrected chi connectivity index (χ0v) is 66.1. The second-order valence-corrected chi connectivity index (χ2v) is 28.5. The van der Waals surface area contributed by atoms with Crippen molar-refractivity contribution in [2.45, 2.75) is 199 Å². The Balaban J connectivity index is 1.29. The van der Waals surface area contributed by atoms with Gasteiger partial charge >= 0.3 is 0 Å². The Bertz CT molecular complexity index is 3970. The molecule has 11 amide bonds. The number of halogens is 1. The molecule has 31 nitrogen and oxygen atoms in total. The highest BCUT2D eigenvalue weighted by Gasteiger charge is 2.40. The van der Waals surface area contributed by atoms with Gasteiger partial charge in [0.05, 0.1) is 6.61 Å². The summed E-state index contributed by atoms with van der Waals surface area (Å²) in [7, 11) is 0. The first-order valence-corrected chi connectivity index (χ1v) is 38.9. The maximum absolute atomic E-state index is 15.2. The molecular weight excluding hydrogens is 1460 g/mol. The summed E-state index contributed by atoms with van der Waals surface area (Å²) in [5.41, 5.74) is 7.61. The number of phenolic OH excluding ortho intramolecular Hbond substituents is 1. The van der Waals surface area contributed by atoms with Crippen molar-refractivity contribution in [2.75, 3.05) is 52.4 Å². The molecule has 2 heterocycles. The zero-order chi connectivity index (χ0) is 81.7. The number of fused-ring (bicyclic) bond motifs is 1. The number of aromatic nitrogens is 1. The molecule has 6 rings (SSSR count). The first-order chi connectivity index (χ1) is 53.7. The molecule has 608 valence electrons. The number of nitrogens with one attached hydrogen (secondary N) is 13. The lowest BCUT2D eigenvalue weighted by atomic mass is 9.99. The summed E-state index contributed by atoms with van der Waals surface area (Å²) < 4.78 is 0. The molecule has 1 aromatic heterocycles. The minimum absolute atomic E-state index is 0.0365. The summed E-state index contributed by atoms with van der Waals surface area (Å²) in [4.78, 5) is 172. The lowest BCUT2D eigenvalue weighted by molar-refractivity contribution is -0.142. The molecule has 0 saturated carbocycles. The number of hydrogen-bond donors (Lipinski definition) is 16. The Morgan fingerprint density at radius 1 is 0.518 bits per heavy atom. The molecule has 0 radical (unpaired) electrons. The van der Waals surface area contributed by atoms with E-state index in [2.05, 4.69) is 84.1 Å². The van der Waals surface area contributed by atoms with E-state index >= 15 is 9.59 Å². The van der Waals surface area contributed by atoms with Crippen LogP contribution >= 0.6 is 11.6 Å². The molecule has 1 aliphatic heterocycles. The van der Waals surface area contributed by atoms with Crippen LogP contribution in [0.5, 0.6) is 5.75 Å². The number of amides is 11. The molecule has 1 fully saturated rings. The number of aliphatic imine (C=N–C) groups is 2. The topological polar surface area (TPSA) is 451 Å². The van der Waals surface area contributed by atoms with E-state index in [0.29, 0.717) is 104 Å². The Hall–Kier alpha value is -10.9. The van der Waals surface area contributed by atoms with Crippen molar-refractivity contribution in [3.05, 3.63) is 143 Å². The van der Waals surface area contributed by atoms with E-state index in [-0.39, 0.29) is 76.0 Å². The van der Waals surface area contributed by atoms with Gasteiger partial charge in [0.25, 0.3) is 0 Å². The number of phenols is 1. The van der Waals surface area contributed by atoms with Crippen molar-refractivity contribution >= 4 is 99.3 Å². The first kappa shape index (κ1) is 89.9. The zero-order valence-electron chi connectivity index (χ0n) is 65.3. The van der Waals surface area contributed by atoms with Crippen molar-refractivity contribution in [3.8, 4) is 5.75 Å². The number of aliphatic hydroxyl groups is 1. The van der Waals surface area contributed by atoms with Crippen LogP contribution in [-0.2, 0) is 78.4 Å². The van der Waals surface area contributed by atoms with Gasteiger partial charge in [-0.25, -0.2) is 0 Å². The Morgan fingerprint density at radius 2 is 0.964 bits per heavy atom. The first-order valence-electron chi connectivity index (χ1n) is 38.6. The van der Waals surface area contributed by atoms with Gasteiger partial charge in [0, 0.05) is 95.8 Å². The normalized spacial score (nSPS) is 14.8. The van der Waals surface area contributed by atoms with Crippen molar-refractivity contribution in [3.63, 3.8) is 0 Å². The fraction of sp³-hybridized carbons (Fsp3) is 0.500. The number of nitrogens with two attached hydrogens (primary N) is 1. The van der Waals surface area contributed by atoms with Crippen molar-refractivity contribution in [2.24, 2.45) is 21.6 Å². The largest absolute Gasteiger partial charge is 0.508 e. The van der Waals surface area contributed by atoms with E-state index in [0.717, 1.165) is 10.8 Å². The molecule has 0 spiro atoms. The van der Waals surface area contributed by atoms with Gasteiger partial charge in [-0.05, 0) is 162 Å². The molecule has 4 aromatic carbocycles. The summed E-state index contributed by atoms with van der Waals surface area (Å²) >= 11 is 6.26. The summed E-state index contributed by atoms with van der Waals surface area (Å²) in [5, 5.41) is 60.9. The number of aromatic hydroxyl groups is 1. The number of primary amides is 1. The minimum Gasteiger partial charge on any atom is -0.508 e. The predicted molar refractivity (Wildman–Crippen MR) is 429 cm³/mol. The van der Waals surface area contributed by atoms with E-state index in [1.54, 1.807) is 36.4 Å². The molecule has 1 saturated heterocycles. The van der Waals surface area contributed by atoms with Gasteiger partial charge < -0.3 is 90.0 Å². The van der Waals surface area contributed by atoms with Crippen molar-refractivity contribution < 1.29 is 63.0 Å². The lowest BCUT2D eigenvalue weighted by Gasteiger charge is -2.31. The van der Waals surface area contributed by atoms with Gasteiger partial charge in [-0.15, -0.1) is 0 Å². The molecule has 17 N–H and O–H groups in total. The smallest absolute Gasteiger partial charge is 0.245 e. The third-order valence-corrected chi connectivity index (χ3v) is 18.7. The molecule has 10 atom stereocenters. The maximum atomic E-state index is 15.2. The summed E-state index contributed by atoms with van der Waals surface area (Å²) in [6, 6.07) is 15.3. The van der Waals surface area contributed by atoms with Crippen LogP contribution in [0.15, 0.2) is 126 Å². The van der Waals surface area contributed by atoms with Crippen LogP contribution in [0, 0.1) is 5.92 Å². The van der Waals surface area contributed by atoms with Crippen LogP contribution in [0.25, 0.3) is 10.8 Å². The number of hydrogen-bond acceptors (Lipinski definition) is 16. The second kappa shape index (κ2) is 47.3. The molecule has 0 bridgehead atoms. The average molecular weight is 1570 g/mol. The minimum atomic E-state index is -1.82. The van der Waals surface area contributed by atoms with E-state index in [9.17, 15) is 53.4 Å². The van der Waals surface area contributed by atoms with Gasteiger partial charge in [-0.3, -0.25) is 67.7 Å². The Kier molecular flexibility index (Phi) is 38.0. The number of guanidine groups is 2. The Morgan fingerprint density at radius 3 is 1.47 bits per heavy atom. The number of rotatable bonds is 44. The lowest BCUT2D eigenvalue weighted by Crippen LogP contribution is -2.61. The van der Waals surface area contributed by atoms with Crippen molar-refractivity contribution in [1.29, 1.82) is 0 Å². The molecule has 5 aromatic rings. The second-order valence-electron chi connectivity index (χ2n) is 28.0. The molecular formula is C80H113ClN18O13. The monoisotopic (exact) mass is 1570 g/mol. The number of benzene rings is 4. The highest BCUT2D eigenvalue weighted by atomic mass is 35.5. The van der Waals surface area contributed by atoms with Gasteiger partial charge in [0.1, 0.15) is 66.2 Å². The van der Waals surface area contributed by atoms with E-state index < -0.39 is 132 Å². The molecule has 0 aliphatic carbocycles. The predicted octanol–water partition coefficient (Wildman–Crippen LogP) is 2.27. The summed E-state index contributed by atoms with van der Waals surface area (Å²) in [5.74, 6) is -7.72. The quantitative estimate of drug-likeness (QED) is 0.0151. The van der Waals surface area contributed by atoms with Gasteiger partial charge in [-0.2, -0.15) is 0 Å². The maximum Gasteiger partial charge on any atom is 0.245 e. The van der Waals surface area contributed by atoms with Gasteiger partial charge in [0.15, 0.2) is 11.9 Å². The van der Waals surface area contributed by atoms with Crippen LogP contribution < -0.4 is 74.9 Å². The average Bonchev–Trinajstić information content (AvgIpc) is 1.06. The van der Waals surface area contributed by atoms with Crippen LogP contribution in [-0.4, -0.2) is 210 Å². The third-order valence-electron chi connectivity index (χ3n) is 18.5. The standard InChI is InChI=1S/C80H113ClN18O13/c1-9-84-79(85-10-2)88-38-17-15-24-60(70(104)94-62(41-49(5)6)71(105)93-61(25-16-18-39-89-80(86-11-3)87-12-4)78(112)99-40-20-26-68(99)77(111)90-50(7)69(82)103)92-73(107)64(44-53-30-35-59(102)36-31-53)97-76(110)67(48-100)98-75(109)66(46-55-21-19-37-83-47-55)96-74(108)65(43-52-28-33-58(81)34-29-52)95-72(106)63(91-51(8)101)45-54-27-32-56-22-13-14-23-57(56)42-54/h13-14,19,21-23,27-37,42,47,49-50,60-68,100,102H,9-12,15-18,20,24-26,38-41,43-46,48H2,1-8H3,(H2,82,103)(H,90,111)(H,91,101)(H,92,107)(H,93,105)(H,94,104)(H,95,106)(H,96,108)(H,97,110)(H,98,109)(H2,84,85,88)(H2,86,87,89)/t50-,60-,61+,62+,63?,64-,65+,66+,67-,68?/m1/s1. The van der Waals surface area contributed by atoms with E-state index in [1.165, 1.54) is 55.4 Å². The molecule has 112 heavy (non-hydrogen) atoms. The summed E-state index contributed by atoms with van der Waals surface area (Å²) in [6.07, 6.45) is 4.77. The van der Waals surface area contributed by atoms with Gasteiger partial charge in [-0.1, -0.05) is 98.2 Å². The van der Waals surface area contributed by atoms with Crippen LogP contribution in [0.4, 0.5) is 0 Å². The van der Waals surface area contributed by atoms with Crippen LogP contribution in [0.1, 0.15) is 135 Å². The number of nitrogens with zero attached hydrogens (tertiary/aromatic N) is 4. The Labute approximate surface area is 660 Å². The highest BCUT2D eigenvalue weighted by Crippen LogP contribution is 2.23. The van der Waals surface area contributed by atoms with E-state index in [1.807, 2.05) is 84.0 Å². The SMILES string of the molecule is CCNC(=NCCCC[C@H](NC(=O)[C@H](CC(C)C)NC(=O)[C@@H](CCCCN=C(NCC)NCC)NC(=O)[C@@H](Cc1ccc(O)cc1)NC(=O)[C@@H](CO)NC(=O)[C@H](Cc1cccnc1)NC(=O)[C@H](Cc1ccc(Cl)cc1)NC(=O)C(Cc1ccc2ccccc2c1)NC(C)=O)C(=O)N1CCCC1C(=O)N[C@H](C)C(N)=O)NCC. The fourth-order valence-electron chi connectivity index (χ4n) is 12.7. The number of aliphatic hydroxyl groups excluding tert-OH is 1. The third kappa shape index (κ3) is 30.4. The fourth-order valence-corrected chi connectivity index (χ4v) is 12.8. The van der Waals surface area contributed by atoms with Crippen LogP contribution in [0.2, 0.25) is 5.02 Å². The number of likely N-dealkylation sites (tertiary alicyclic amines) is 1. The highest BCUT2D eigenvalue weighted by molar-refractivity contribution is 6.30. The number of carbonyl (C=O) groups excluding carboxylic acids is 11. The molecule has 32 heteroatoms. The van der Waals surface area contributed by atoms with Crippen molar-refractivity contribution in [1.82, 2.24) is 79.0 Å². The number of unbranched alkanes of at least 4 members (excludes halogenated alkanes) is 2. The number of pyridine rings is 1.